The molecule has 0 spiro atoms. The van der Waals surface area contributed by atoms with Gasteiger partial charge in [-0.15, -0.1) is 0 Å². The van der Waals surface area contributed by atoms with E-state index >= 15 is 0 Å². The number of carbonyl (C=O) groups is 1. The molecule has 2 aromatic carbocycles. The number of imidazole rings is 1. The highest BCUT2D eigenvalue weighted by molar-refractivity contribution is 7.99. The summed E-state index contributed by atoms with van der Waals surface area (Å²) in [6, 6.07) is 16.0. The summed E-state index contributed by atoms with van der Waals surface area (Å²) >= 11 is 1.43. The molecule has 1 aromatic heterocycles. The Morgan fingerprint density at radius 1 is 1.18 bits per heavy atom. The van der Waals surface area contributed by atoms with Gasteiger partial charge < -0.3 is 10.1 Å². The predicted molar refractivity (Wildman–Crippen MR) is 113 cm³/mol. The maximum atomic E-state index is 12.3. The topological polar surface area (TPSA) is 56.1 Å². The molecule has 3 rings (SSSR count). The standard InChI is InChI=1S/C22H25N3O2S/c1-16(2)18-9-5-6-10-19(18)25-13-12-23-22(25)28-15-21(26)24-14-17-8-4-7-11-20(17)27-3/h4-13,16H,14-15H2,1-3H3,(H,24,26). The van der Waals surface area contributed by atoms with E-state index in [-0.39, 0.29) is 5.91 Å². The van der Waals surface area contributed by atoms with Crippen molar-refractivity contribution >= 4 is 17.7 Å². The summed E-state index contributed by atoms with van der Waals surface area (Å²) in [5.41, 5.74) is 3.31. The predicted octanol–water partition coefficient (Wildman–Crippen LogP) is 4.41. The Morgan fingerprint density at radius 3 is 2.71 bits per heavy atom. The minimum absolute atomic E-state index is 0.0393. The van der Waals surface area contributed by atoms with E-state index in [2.05, 4.69) is 36.3 Å². The highest BCUT2D eigenvalue weighted by atomic mass is 32.2. The first kappa shape index (κ1) is 20.0. The van der Waals surface area contributed by atoms with E-state index in [0.717, 1.165) is 22.2 Å². The van der Waals surface area contributed by atoms with E-state index in [9.17, 15) is 4.79 Å². The number of thioether (sulfide) groups is 1. The molecule has 146 valence electrons. The van der Waals surface area contributed by atoms with Crippen molar-refractivity contribution in [1.29, 1.82) is 0 Å². The third-order valence-electron chi connectivity index (χ3n) is 4.43. The summed E-state index contributed by atoms with van der Waals surface area (Å²) in [7, 11) is 1.63. The zero-order chi connectivity index (χ0) is 19.9. The van der Waals surface area contributed by atoms with Crippen LogP contribution >= 0.6 is 11.8 Å². The van der Waals surface area contributed by atoms with Crippen molar-refractivity contribution in [3.05, 3.63) is 72.1 Å². The van der Waals surface area contributed by atoms with Crippen molar-refractivity contribution in [1.82, 2.24) is 14.9 Å². The monoisotopic (exact) mass is 395 g/mol. The van der Waals surface area contributed by atoms with E-state index < -0.39 is 0 Å². The summed E-state index contributed by atoms with van der Waals surface area (Å²) in [6.07, 6.45) is 3.71. The van der Waals surface area contributed by atoms with Crippen molar-refractivity contribution in [2.45, 2.75) is 31.5 Å². The molecule has 0 unspecified atom stereocenters. The van der Waals surface area contributed by atoms with Gasteiger partial charge in [-0.05, 0) is 23.6 Å². The summed E-state index contributed by atoms with van der Waals surface area (Å²) in [6.45, 7) is 4.79. The second-order valence-electron chi connectivity index (χ2n) is 6.67. The van der Waals surface area contributed by atoms with Crippen LogP contribution in [-0.2, 0) is 11.3 Å². The van der Waals surface area contributed by atoms with Gasteiger partial charge in [0, 0.05) is 24.5 Å². The lowest BCUT2D eigenvalue weighted by atomic mass is 10.0. The molecule has 0 aliphatic heterocycles. The molecule has 5 nitrogen and oxygen atoms in total. The van der Waals surface area contributed by atoms with E-state index in [1.54, 1.807) is 13.3 Å². The van der Waals surface area contributed by atoms with Crippen LogP contribution < -0.4 is 10.1 Å². The fourth-order valence-electron chi connectivity index (χ4n) is 3.00. The molecule has 1 heterocycles. The second-order valence-corrected chi connectivity index (χ2v) is 7.61. The molecular formula is C22H25N3O2S. The number of carbonyl (C=O) groups excluding carboxylic acids is 1. The van der Waals surface area contributed by atoms with Crippen LogP contribution in [0.15, 0.2) is 66.1 Å². The largest absolute Gasteiger partial charge is 0.496 e. The molecule has 28 heavy (non-hydrogen) atoms. The van der Waals surface area contributed by atoms with E-state index in [1.807, 2.05) is 47.2 Å². The average molecular weight is 396 g/mol. The molecule has 3 aromatic rings. The molecule has 0 aliphatic carbocycles. The molecule has 6 heteroatoms. The van der Waals surface area contributed by atoms with Gasteiger partial charge in [-0.3, -0.25) is 9.36 Å². The highest BCUT2D eigenvalue weighted by Crippen LogP contribution is 2.27. The maximum Gasteiger partial charge on any atom is 0.230 e. The molecule has 0 radical (unpaired) electrons. The Bertz CT molecular complexity index is 937. The summed E-state index contributed by atoms with van der Waals surface area (Å²) < 4.78 is 7.37. The fraction of sp³-hybridized carbons (Fsp3) is 0.273. The van der Waals surface area contributed by atoms with Gasteiger partial charge in [-0.1, -0.05) is 62.0 Å². The number of amides is 1. The van der Waals surface area contributed by atoms with Gasteiger partial charge in [0.05, 0.1) is 18.6 Å². The van der Waals surface area contributed by atoms with Gasteiger partial charge in [0.25, 0.3) is 0 Å². The van der Waals surface area contributed by atoms with Crippen LogP contribution in [-0.4, -0.2) is 28.3 Å². The van der Waals surface area contributed by atoms with E-state index in [0.29, 0.717) is 18.2 Å². The van der Waals surface area contributed by atoms with Gasteiger partial charge in [0.15, 0.2) is 5.16 Å². The van der Waals surface area contributed by atoms with Crippen LogP contribution in [0.25, 0.3) is 5.69 Å². The normalized spacial score (nSPS) is 10.9. The van der Waals surface area contributed by atoms with Gasteiger partial charge in [0.2, 0.25) is 5.91 Å². The minimum Gasteiger partial charge on any atom is -0.496 e. The number of ether oxygens (including phenoxy) is 1. The van der Waals surface area contributed by atoms with Crippen molar-refractivity contribution in [2.24, 2.45) is 0 Å². The van der Waals surface area contributed by atoms with Crippen LogP contribution in [0.2, 0.25) is 0 Å². The molecule has 0 atom stereocenters. The molecule has 0 aliphatic rings. The molecule has 0 saturated heterocycles. The summed E-state index contributed by atoms with van der Waals surface area (Å²) in [5.74, 6) is 1.44. The first-order chi connectivity index (χ1) is 13.6. The summed E-state index contributed by atoms with van der Waals surface area (Å²) in [4.78, 5) is 16.8. The van der Waals surface area contributed by atoms with Crippen molar-refractivity contribution in [3.8, 4) is 11.4 Å². The maximum absolute atomic E-state index is 12.3. The van der Waals surface area contributed by atoms with Crippen LogP contribution in [0, 0.1) is 0 Å². The molecule has 1 amide bonds. The van der Waals surface area contributed by atoms with Gasteiger partial charge in [0.1, 0.15) is 5.75 Å². The zero-order valence-electron chi connectivity index (χ0n) is 16.4. The van der Waals surface area contributed by atoms with Gasteiger partial charge in [-0.25, -0.2) is 4.98 Å². The van der Waals surface area contributed by atoms with E-state index in [4.69, 9.17) is 4.74 Å². The number of nitrogens with zero attached hydrogens (tertiary/aromatic N) is 2. The summed E-state index contributed by atoms with van der Waals surface area (Å²) in [5, 5.41) is 3.75. The Kier molecular flexibility index (Phi) is 6.76. The third kappa shape index (κ3) is 4.75. The van der Waals surface area contributed by atoms with Crippen LogP contribution in [0.5, 0.6) is 5.75 Å². The SMILES string of the molecule is COc1ccccc1CNC(=O)CSc1nccn1-c1ccccc1C(C)C. The Morgan fingerprint density at radius 2 is 1.93 bits per heavy atom. The minimum atomic E-state index is -0.0393. The lowest BCUT2D eigenvalue weighted by Crippen LogP contribution is -2.25. The molecule has 1 N–H and O–H groups in total. The van der Waals surface area contributed by atoms with Gasteiger partial charge in [-0.2, -0.15) is 0 Å². The van der Waals surface area contributed by atoms with Crippen molar-refractivity contribution in [2.75, 3.05) is 12.9 Å². The number of hydrogen-bond acceptors (Lipinski definition) is 4. The lowest BCUT2D eigenvalue weighted by molar-refractivity contribution is -0.118. The molecule has 0 fully saturated rings. The first-order valence-electron chi connectivity index (χ1n) is 9.24. The van der Waals surface area contributed by atoms with Crippen LogP contribution in [0.1, 0.15) is 30.9 Å². The van der Waals surface area contributed by atoms with Gasteiger partial charge >= 0.3 is 0 Å². The smallest absolute Gasteiger partial charge is 0.230 e. The van der Waals surface area contributed by atoms with Crippen LogP contribution in [0.3, 0.4) is 0 Å². The fourth-order valence-corrected chi connectivity index (χ4v) is 3.79. The number of nitrogens with one attached hydrogen (secondary N) is 1. The second kappa shape index (κ2) is 9.46. The number of hydrogen-bond donors (Lipinski definition) is 1. The number of aromatic nitrogens is 2. The van der Waals surface area contributed by atoms with Crippen molar-refractivity contribution in [3.63, 3.8) is 0 Å². The Hall–Kier alpha value is -2.73. The lowest BCUT2D eigenvalue weighted by Gasteiger charge is -2.15. The third-order valence-corrected chi connectivity index (χ3v) is 5.39. The molecule has 0 saturated carbocycles. The Balaban J connectivity index is 1.63. The quantitative estimate of drug-likeness (QED) is 0.574. The average Bonchev–Trinajstić information content (AvgIpc) is 3.19. The number of para-hydroxylation sites is 2. The molecule has 0 bridgehead atoms. The number of methoxy groups -OCH3 is 1. The van der Waals surface area contributed by atoms with Crippen LogP contribution in [0.4, 0.5) is 0 Å². The van der Waals surface area contributed by atoms with Crippen molar-refractivity contribution < 1.29 is 9.53 Å². The highest BCUT2D eigenvalue weighted by Gasteiger charge is 2.13. The molecular weight excluding hydrogens is 370 g/mol. The zero-order valence-corrected chi connectivity index (χ0v) is 17.2. The van der Waals surface area contributed by atoms with E-state index in [1.165, 1.54) is 17.3 Å². The number of benzene rings is 2. The Labute approximate surface area is 170 Å². The number of rotatable bonds is 8. The first-order valence-corrected chi connectivity index (χ1v) is 10.2.